The Morgan fingerprint density at radius 2 is 1.46 bits per heavy atom. The van der Waals surface area contributed by atoms with Gasteiger partial charge in [0.25, 0.3) is 0 Å². The summed E-state index contributed by atoms with van der Waals surface area (Å²) >= 11 is 0. The lowest BCUT2D eigenvalue weighted by molar-refractivity contribution is -0.119. The largest absolute Gasteiger partial charge is 0.400 e. The van der Waals surface area contributed by atoms with E-state index in [-0.39, 0.29) is 5.91 Å². The van der Waals surface area contributed by atoms with Crippen LogP contribution in [0.25, 0.3) is 0 Å². The molecule has 2 aromatic rings. The second kappa shape index (κ2) is 30.4. The van der Waals surface area contributed by atoms with Crippen LogP contribution in [0.15, 0.2) is 49.6 Å². The van der Waals surface area contributed by atoms with Gasteiger partial charge >= 0.3 is 0 Å². The van der Waals surface area contributed by atoms with Gasteiger partial charge in [0.15, 0.2) is 0 Å². The van der Waals surface area contributed by atoms with Crippen molar-refractivity contribution >= 4 is 15.1 Å². The molecule has 1 fully saturated rings. The van der Waals surface area contributed by atoms with Crippen LogP contribution >= 0.6 is 9.24 Å². The number of unbranched alkanes of at least 4 members (excludes halogenated alkanes) is 2. The molecule has 5 rings (SSSR count). The highest BCUT2D eigenvalue weighted by Crippen LogP contribution is 2.43. The van der Waals surface area contributed by atoms with Gasteiger partial charge in [-0.1, -0.05) is 119 Å². The lowest BCUT2D eigenvalue weighted by Crippen LogP contribution is -2.33. The normalized spacial score (nSPS) is 17.8. The Morgan fingerprint density at radius 1 is 0.907 bits per heavy atom. The number of benzene rings is 2. The SMILES string of the molecule is C#Cc1ccc2c(c1)C(NCCCC)CC(C)(C)C2.C#Cc1ccc2c(c1)CC(CCCC)C(C)(C)C2.C=C.CCC(C)C.CO.CP.O=C1CCCN1. The third kappa shape index (κ3) is 20.7. The fourth-order valence-corrected chi connectivity index (χ4v) is 6.82. The predicted molar refractivity (Wildman–Crippen MR) is 243 cm³/mol. The molecule has 3 unspecified atom stereocenters. The summed E-state index contributed by atoms with van der Waals surface area (Å²) < 4.78 is 0. The number of hydrogen-bond acceptors (Lipinski definition) is 3. The van der Waals surface area contributed by atoms with Gasteiger partial charge in [-0.2, -0.15) is 0 Å². The molecule has 5 heteroatoms. The van der Waals surface area contributed by atoms with E-state index in [4.69, 9.17) is 18.0 Å². The highest BCUT2D eigenvalue weighted by Gasteiger charge is 2.34. The molecule has 4 nitrogen and oxygen atoms in total. The van der Waals surface area contributed by atoms with Gasteiger partial charge in [0, 0.05) is 37.2 Å². The van der Waals surface area contributed by atoms with Gasteiger partial charge in [-0.25, -0.2) is 0 Å². The van der Waals surface area contributed by atoms with Crippen LogP contribution in [0.4, 0.5) is 0 Å². The maximum absolute atomic E-state index is 10.1. The highest BCUT2D eigenvalue weighted by atomic mass is 31.0. The van der Waals surface area contributed by atoms with Crippen LogP contribution in [-0.2, 0) is 24.1 Å². The van der Waals surface area contributed by atoms with Gasteiger partial charge in [-0.05, 0) is 121 Å². The summed E-state index contributed by atoms with van der Waals surface area (Å²) in [6, 6.07) is 13.5. The van der Waals surface area contributed by atoms with Crippen molar-refractivity contribution in [2.45, 2.75) is 145 Å². The molecule has 3 aliphatic rings. The average molecular weight is 761 g/mol. The standard InChI is InChI=1S/C18H25N.C18H24.C5H12.C4H7NO.C2H4.CH4O.CH5P/c1-5-7-10-19-17-13-18(3,4)12-15-9-8-14(6-2)11-16(15)17;1-5-7-8-17-12-16-11-14(6-2)9-10-15(16)13-18(17,3)4;1-4-5(2)3;6-4-2-1-3-5-4;3*1-2/h2,8-9,11,17,19H,5,7,10,12-13H2,1,3-4H3;2,9-11,17H,5,7-8,12-13H2,1,3-4H3;5H,4H2,1-3H3;1-3H2,(H,5,6);1-2H2;2H,1H3;2H2,1H3. The summed E-state index contributed by atoms with van der Waals surface area (Å²) in [6.45, 7) is 30.6. The molecule has 1 heterocycles. The van der Waals surface area contributed by atoms with Crippen molar-refractivity contribution in [3.63, 3.8) is 0 Å². The molecule has 1 amide bonds. The van der Waals surface area contributed by atoms with E-state index in [1.807, 2.05) is 6.66 Å². The summed E-state index contributed by atoms with van der Waals surface area (Å²) in [5.74, 6) is 7.41. The Morgan fingerprint density at radius 3 is 1.93 bits per heavy atom. The Kier molecular flexibility index (Phi) is 29.9. The molecule has 3 N–H and O–H groups in total. The maximum Gasteiger partial charge on any atom is 0.220 e. The first-order chi connectivity index (χ1) is 25.8. The van der Waals surface area contributed by atoms with Crippen molar-refractivity contribution in [1.82, 2.24) is 10.6 Å². The third-order valence-electron chi connectivity index (χ3n) is 10.3. The van der Waals surface area contributed by atoms with Crippen molar-refractivity contribution in [1.29, 1.82) is 0 Å². The van der Waals surface area contributed by atoms with Crippen LogP contribution < -0.4 is 10.6 Å². The lowest BCUT2D eigenvalue weighted by Gasteiger charge is -2.40. The molecule has 0 spiro atoms. The van der Waals surface area contributed by atoms with Crippen molar-refractivity contribution < 1.29 is 9.90 Å². The van der Waals surface area contributed by atoms with Crippen molar-refractivity contribution in [2.75, 3.05) is 26.9 Å². The van der Waals surface area contributed by atoms with Crippen molar-refractivity contribution in [2.24, 2.45) is 22.7 Å². The second-order valence-electron chi connectivity index (χ2n) is 16.1. The molecule has 54 heavy (non-hydrogen) atoms. The summed E-state index contributed by atoms with van der Waals surface area (Å²) in [5, 5.41) is 13.4. The minimum atomic E-state index is 0.204. The number of nitrogens with one attached hydrogen (secondary N) is 2. The number of aliphatic hydroxyl groups excluding tert-OH is 1. The summed E-state index contributed by atoms with van der Waals surface area (Å²) in [5.41, 5.74) is 8.71. The molecule has 0 radical (unpaired) electrons. The van der Waals surface area contributed by atoms with E-state index in [1.165, 1.54) is 80.0 Å². The smallest absolute Gasteiger partial charge is 0.220 e. The number of carbonyl (C=O) groups excluding carboxylic acids is 1. The molecule has 0 bridgehead atoms. The Balaban J connectivity index is 0. The monoisotopic (exact) mass is 761 g/mol. The van der Waals surface area contributed by atoms with Crippen LogP contribution in [0.3, 0.4) is 0 Å². The number of hydrogen-bond donors (Lipinski definition) is 3. The number of fused-ring (bicyclic) bond motifs is 2. The third-order valence-corrected chi connectivity index (χ3v) is 10.3. The molecule has 2 aliphatic carbocycles. The molecule has 1 aliphatic heterocycles. The quantitative estimate of drug-likeness (QED) is 0.109. The number of aliphatic hydroxyl groups is 1. The van der Waals surface area contributed by atoms with Crippen LogP contribution in [0.1, 0.15) is 160 Å². The van der Waals surface area contributed by atoms with Gasteiger partial charge in [0.05, 0.1) is 0 Å². The van der Waals surface area contributed by atoms with E-state index < -0.39 is 0 Å². The van der Waals surface area contributed by atoms with Crippen molar-refractivity contribution in [3.8, 4) is 24.7 Å². The molecule has 3 atom stereocenters. The molecule has 0 saturated carbocycles. The fourth-order valence-electron chi connectivity index (χ4n) is 6.82. The summed E-state index contributed by atoms with van der Waals surface area (Å²) in [7, 11) is 3.42. The molecular weight excluding hydrogens is 680 g/mol. The van der Waals surface area contributed by atoms with Crippen LogP contribution in [0, 0.1) is 47.4 Å². The van der Waals surface area contributed by atoms with Crippen LogP contribution in [0.2, 0.25) is 0 Å². The van der Waals surface area contributed by atoms with Gasteiger partial charge in [0.1, 0.15) is 0 Å². The Labute approximate surface area is 337 Å². The zero-order valence-electron chi connectivity index (χ0n) is 36.6. The topological polar surface area (TPSA) is 61.4 Å². The Bertz CT molecular complexity index is 1370. The summed E-state index contributed by atoms with van der Waals surface area (Å²) in [6.07, 6.45) is 25.3. The van der Waals surface area contributed by atoms with E-state index >= 15 is 0 Å². The number of amides is 1. The van der Waals surface area contributed by atoms with E-state index in [1.54, 1.807) is 0 Å². The zero-order chi connectivity index (χ0) is 41.7. The first-order valence-corrected chi connectivity index (χ1v) is 21.6. The maximum atomic E-state index is 10.1. The van der Waals surface area contributed by atoms with E-state index in [0.29, 0.717) is 16.9 Å². The number of carbonyl (C=O) groups is 1. The summed E-state index contributed by atoms with van der Waals surface area (Å²) in [4.78, 5) is 10.1. The number of terminal acetylenes is 2. The zero-order valence-corrected chi connectivity index (χ0v) is 37.8. The van der Waals surface area contributed by atoms with E-state index in [9.17, 15) is 4.79 Å². The molecule has 1 saturated heterocycles. The molecule has 304 valence electrons. The minimum absolute atomic E-state index is 0.204. The first-order valence-electron chi connectivity index (χ1n) is 20.5. The van der Waals surface area contributed by atoms with Gasteiger partial charge in [0.2, 0.25) is 5.91 Å². The van der Waals surface area contributed by atoms with E-state index in [0.717, 1.165) is 62.4 Å². The highest BCUT2D eigenvalue weighted by molar-refractivity contribution is 7.15. The molecule has 0 aromatic heterocycles. The molecule has 2 aromatic carbocycles. The second-order valence-corrected chi connectivity index (χ2v) is 16.1. The van der Waals surface area contributed by atoms with Gasteiger partial charge in [-0.15, -0.1) is 35.2 Å². The fraction of sp³-hybridized carbons (Fsp3) is 0.612. The Hall–Kier alpha value is -2.88. The molecular formula is C49H81N2O2P. The number of rotatable bonds is 8. The van der Waals surface area contributed by atoms with Crippen LogP contribution in [0.5, 0.6) is 0 Å². The van der Waals surface area contributed by atoms with Crippen LogP contribution in [-0.4, -0.2) is 37.9 Å². The van der Waals surface area contributed by atoms with Gasteiger partial charge in [-0.3, -0.25) is 4.79 Å². The minimum Gasteiger partial charge on any atom is -0.400 e. The lowest BCUT2D eigenvalue weighted by atomic mass is 9.65. The average Bonchev–Trinajstić information content (AvgIpc) is 3.67. The van der Waals surface area contributed by atoms with Crippen molar-refractivity contribution in [3.05, 3.63) is 82.9 Å². The predicted octanol–water partition coefficient (Wildman–Crippen LogP) is 11.5. The first kappa shape index (κ1) is 53.2. The van der Waals surface area contributed by atoms with E-state index in [2.05, 4.69) is 144 Å². The van der Waals surface area contributed by atoms with Gasteiger partial charge < -0.3 is 15.7 Å².